The minimum absolute atomic E-state index is 0.0554. The molecule has 0 saturated carbocycles. The van der Waals surface area contributed by atoms with E-state index in [4.69, 9.17) is 4.74 Å². The fourth-order valence-corrected chi connectivity index (χ4v) is 2.77. The van der Waals surface area contributed by atoms with Gasteiger partial charge in [-0.3, -0.25) is 14.5 Å². The molecule has 6 heteroatoms. The molecule has 0 bridgehead atoms. The molecule has 1 N–H and O–H groups in total. The summed E-state index contributed by atoms with van der Waals surface area (Å²) in [5.74, 6) is -0.558. The Bertz CT molecular complexity index is 629. The zero-order valence-electron chi connectivity index (χ0n) is 11.5. The maximum atomic E-state index is 12.9. The molecule has 21 heavy (non-hydrogen) atoms. The summed E-state index contributed by atoms with van der Waals surface area (Å²) in [7, 11) is 0. The number of hydrogen-bond donors (Lipinski definition) is 1. The fraction of sp³-hybridized carbons (Fsp3) is 0.400. The highest BCUT2D eigenvalue weighted by molar-refractivity contribution is 6.11. The lowest BCUT2D eigenvalue weighted by Gasteiger charge is -2.37. The van der Waals surface area contributed by atoms with Gasteiger partial charge in [0.05, 0.1) is 17.4 Å². The lowest BCUT2D eigenvalue weighted by atomic mass is 9.80. The minimum Gasteiger partial charge on any atom is -0.381 e. The molecule has 1 aromatic carbocycles. The van der Waals surface area contributed by atoms with Crippen LogP contribution in [0.2, 0.25) is 0 Å². The molecule has 3 rings (SSSR count). The number of rotatable bonds is 1. The highest BCUT2D eigenvalue weighted by Gasteiger charge is 2.45. The van der Waals surface area contributed by atoms with E-state index in [1.807, 2.05) is 0 Å². The number of nitriles is 1. The van der Waals surface area contributed by atoms with Gasteiger partial charge in [-0.05, 0) is 25.0 Å². The Balaban J connectivity index is 1.98. The summed E-state index contributed by atoms with van der Waals surface area (Å²) in [6.07, 6.45) is 0.727. The molecule has 2 amide bonds. The van der Waals surface area contributed by atoms with E-state index in [-0.39, 0.29) is 18.4 Å². The van der Waals surface area contributed by atoms with E-state index in [2.05, 4.69) is 11.4 Å². The summed E-state index contributed by atoms with van der Waals surface area (Å²) in [5.41, 5.74) is 0.147. The van der Waals surface area contributed by atoms with Crippen molar-refractivity contribution < 1.29 is 14.3 Å². The highest BCUT2D eigenvalue weighted by atomic mass is 16.5. The largest absolute Gasteiger partial charge is 0.381 e. The number of hydrogen-bond acceptors (Lipinski definition) is 4. The zero-order chi connectivity index (χ0) is 14.9. The molecule has 1 fully saturated rings. The van der Waals surface area contributed by atoms with Crippen molar-refractivity contribution in [1.29, 1.82) is 5.26 Å². The highest BCUT2D eigenvalue weighted by Crippen LogP contribution is 2.37. The van der Waals surface area contributed by atoms with Crippen LogP contribution >= 0.6 is 0 Å². The van der Waals surface area contributed by atoms with Gasteiger partial charge in [0.15, 0.2) is 0 Å². The first-order valence-corrected chi connectivity index (χ1v) is 6.86. The van der Waals surface area contributed by atoms with Crippen molar-refractivity contribution in [3.05, 3.63) is 24.3 Å². The second-order valence-corrected chi connectivity index (χ2v) is 5.26. The summed E-state index contributed by atoms with van der Waals surface area (Å²) >= 11 is 0. The quantitative estimate of drug-likeness (QED) is 0.843. The number of anilines is 2. The van der Waals surface area contributed by atoms with Crippen LogP contribution in [-0.4, -0.2) is 31.6 Å². The fourth-order valence-electron chi connectivity index (χ4n) is 2.77. The van der Waals surface area contributed by atoms with E-state index in [0.29, 0.717) is 37.4 Å². The third kappa shape index (κ3) is 2.26. The van der Waals surface area contributed by atoms with Crippen LogP contribution in [-0.2, 0) is 14.3 Å². The summed E-state index contributed by atoms with van der Waals surface area (Å²) in [5, 5.41) is 12.2. The molecule has 0 radical (unpaired) electrons. The second-order valence-electron chi connectivity index (χ2n) is 5.26. The predicted octanol–water partition coefficient (Wildman–Crippen LogP) is 1.29. The Labute approximate surface area is 122 Å². The zero-order valence-corrected chi connectivity index (χ0v) is 11.5. The van der Waals surface area contributed by atoms with E-state index >= 15 is 0 Å². The maximum absolute atomic E-state index is 12.9. The van der Waals surface area contributed by atoms with Gasteiger partial charge in [0, 0.05) is 13.2 Å². The smallest absolute Gasteiger partial charge is 0.248 e. The number of carbonyl (C=O) groups is 2. The molecular weight excluding hydrogens is 270 g/mol. The van der Waals surface area contributed by atoms with Crippen molar-refractivity contribution in [3.8, 4) is 6.07 Å². The van der Waals surface area contributed by atoms with Gasteiger partial charge in [0.25, 0.3) is 0 Å². The molecule has 6 nitrogen and oxygen atoms in total. The van der Waals surface area contributed by atoms with Crippen LogP contribution in [0.15, 0.2) is 24.3 Å². The van der Waals surface area contributed by atoms with Gasteiger partial charge in [0.1, 0.15) is 12.0 Å². The number of nitrogens with zero attached hydrogens (tertiary/aromatic N) is 2. The first-order valence-electron chi connectivity index (χ1n) is 6.86. The Morgan fingerprint density at radius 3 is 2.76 bits per heavy atom. The Morgan fingerprint density at radius 1 is 1.33 bits per heavy atom. The van der Waals surface area contributed by atoms with Gasteiger partial charge in [-0.1, -0.05) is 12.1 Å². The van der Waals surface area contributed by atoms with Gasteiger partial charge >= 0.3 is 0 Å². The average molecular weight is 285 g/mol. The van der Waals surface area contributed by atoms with E-state index in [1.54, 1.807) is 24.3 Å². The number of carbonyl (C=O) groups excluding carboxylic acids is 2. The van der Waals surface area contributed by atoms with Crippen molar-refractivity contribution in [1.82, 2.24) is 0 Å². The summed E-state index contributed by atoms with van der Waals surface area (Å²) < 4.78 is 5.25. The minimum atomic E-state index is -1.09. The van der Waals surface area contributed by atoms with Crippen molar-refractivity contribution in [2.75, 3.05) is 30.0 Å². The first kappa shape index (κ1) is 13.6. The summed E-state index contributed by atoms with van der Waals surface area (Å²) in [6, 6.07) is 9.28. The number of amides is 2. The first-order chi connectivity index (χ1) is 10.2. The summed E-state index contributed by atoms with van der Waals surface area (Å²) in [4.78, 5) is 26.1. The second kappa shape index (κ2) is 5.19. The van der Waals surface area contributed by atoms with Crippen molar-refractivity contribution >= 4 is 23.2 Å². The molecule has 1 aromatic rings. The van der Waals surface area contributed by atoms with E-state index in [1.165, 1.54) is 4.90 Å². The van der Waals surface area contributed by atoms with Gasteiger partial charge in [0.2, 0.25) is 11.8 Å². The number of nitrogens with one attached hydrogen (secondary N) is 1. The van der Waals surface area contributed by atoms with Crippen molar-refractivity contribution in [2.45, 2.75) is 12.8 Å². The Hall–Kier alpha value is -2.39. The third-order valence-corrected chi connectivity index (χ3v) is 3.99. The van der Waals surface area contributed by atoms with Crippen LogP contribution in [0, 0.1) is 16.7 Å². The molecule has 0 aromatic heterocycles. The molecule has 0 aliphatic carbocycles. The summed E-state index contributed by atoms with van der Waals surface area (Å²) in [6.45, 7) is 0.724. The van der Waals surface area contributed by atoms with Crippen LogP contribution in [0.1, 0.15) is 12.8 Å². The molecule has 0 unspecified atom stereocenters. The SMILES string of the molecule is N#CC1(C(=O)N2CC(=O)Nc3ccccc32)CCOCC1. The Morgan fingerprint density at radius 2 is 2.05 bits per heavy atom. The van der Waals surface area contributed by atoms with Gasteiger partial charge < -0.3 is 10.1 Å². The predicted molar refractivity (Wildman–Crippen MR) is 75.5 cm³/mol. The van der Waals surface area contributed by atoms with Crippen LogP contribution in [0.3, 0.4) is 0 Å². The molecule has 0 spiro atoms. The number of fused-ring (bicyclic) bond motifs is 1. The van der Waals surface area contributed by atoms with Crippen LogP contribution in [0.25, 0.3) is 0 Å². The van der Waals surface area contributed by atoms with Gasteiger partial charge in [-0.15, -0.1) is 0 Å². The lowest BCUT2D eigenvalue weighted by Crippen LogP contribution is -2.50. The lowest BCUT2D eigenvalue weighted by molar-refractivity contribution is -0.131. The van der Waals surface area contributed by atoms with E-state index < -0.39 is 5.41 Å². The van der Waals surface area contributed by atoms with Crippen molar-refractivity contribution in [2.24, 2.45) is 5.41 Å². The molecule has 1 saturated heterocycles. The van der Waals surface area contributed by atoms with Gasteiger partial charge in [-0.2, -0.15) is 5.26 Å². The number of benzene rings is 1. The number of para-hydroxylation sites is 2. The Kier molecular flexibility index (Phi) is 3.35. The van der Waals surface area contributed by atoms with Crippen molar-refractivity contribution in [3.63, 3.8) is 0 Å². The molecule has 2 heterocycles. The topological polar surface area (TPSA) is 82.4 Å². The van der Waals surface area contributed by atoms with Crippen LogP contribution in [0.5, 0.6) is 0 Å². The maximum Gasteiger partial charge on any atom is 0.248 e. The van der Waals surface area contributed by atoms with Gasteiger partial charge in [-0.25, -0.2) is 0 Å². The van der Waals surface area contributed by atoms with Crippen LogP contribution < -0.4 is 10.2 Å². The average Bonchev–Trinajstić information content (AvgIpc) is 2.54. The van der Waals surface area contributed by atoms with E-state index in [9.17, 15) is 14.9 Å². The molecule has 2 aliphatic heterocycles. The standard InChI is InChI=1S/C15H15N3O3/c16-10-15(5-7-21-8-6-15)14(20)18-9-13(19)17-11-3-1-2-4-12(11)18/h1-4H,5-9H2,(H,17,19). The molecular formula is C15H15N3O3. The monoisotopic (exact) mass is 285 g/mol. The van der Waals surface area contributed by atoms with E-state index in [0.717, 1.165) is 0 Å². The van der Waals surface area contributed by atoms with Crippen LogP contribution in [0.4, 0.5) is 11.4 Å². The number of ether oxygens (including phenoxy) is 1. The molecule has 0 atom stereocenters. The molecule has 108 valence electrons. The normalized spacial score (nSPS) is 20.1. The third-order valence-electron chi connectivity index (χ3n) is 3.99. The molecule has 2 aliphatic rings.